The summed E-state index contributed by atoms with van der Waals surface area (Å²) in [6, 6.07) is 10.0. The maximum atomic E-state index is 13.5. The quantitative estimate of drug-likeness (QED) is 0.187. The SMILES string of the molecule is COc1cc(C(C)=O)ccc1OCC(C)CN1CCN(c2n[nH]c3cc(F)ccc23)CC1I. The number of H-pyrrole nitrogens is 1. The Kier molecular flexibility index (Phi) is 7.38. The van der Waals surface area contributed by atoms with E-state index in [0.717, 1.165) is 42.9 Å². The average molecular weight is 566 g/mol. The molecule has 4 rings (SSSR count). The number of Topliss-reactive ketones (excluding diaryl/α,β-unsaturated/α-hetero) is 1. The van der Waals surface area contributed by atoms with Gasteiger partial charge in [-0.1, -0.05) is 29.5 Å². The molecule has 1 aliphatic rings. The molecule has 1 fully saturated rings. The number of hydrogen-bond acceptors (Lipinski definition) is 6. The number of ketones is 1. The van der Waals surface area contributed by atoms with Crippen LogP contribution in [0, 0.1) is 11.7 Å². The minimum Gasteiger partial charge on any atom is -0.493 e. The summed E-state index contributed by atoms with van der Waals surface area (Å²) in [5.41, 5.74) is 1.32. The number of piperazine rings is 1. The van der Waals surface area contributed by atoms with Gasteiger partial charge in [0.05, 0.1) is 23.3 Å². The molecule has 2 heterocycles. The molecule has 1 N–H and O–H groups in total. The molecule has 0 aliphatic carbocycles. The molecule has 2 atom stereocenters. The number of fused-ring (bicyclic) bond motifs is 1. The summed E-state index contributed by atoms with van der Waals surface area (Å²) >= 11 is 2.48. The van der Waals surface area contributed by atoms with Crippen molar-refractivity contribution in [2.24, 2.45) is 5.92 Å². The number of methoxy groups -OCH3 is 1. The van der Waals surface area contributed by atoms with Gasteiger partial charge in [-0.3, -0.25) is 14.8 Å². The fraction of sp³-hybridized carbons (Fsp3) is 0.417. The third kappa shape index (κ3) is 5.40. The predicted octanol–water partition coefficient (Wildman–Crippen LogP) is 4.51. The monoisotopic (exact) mass is 566 g/mol. The summed E-state index contributed by atoms with van der Waals surface area (Å²) in [5.74, 6) is 2.13. The van der Waals surface area contributed by atoms with Gasteiger partial charge >= 0.3 is 0 Å². The molecular formula is C24H28FIN4O3. The molecule has 0 spiro atoms. The smallest absolute Gasteiger partial charge is 0.161 e. The molecule has 176 valence electrons. The zero-order chi connectivity index (χ0) is 23.5. The van der Waals surface area contributed by atoms with Crippen LogP contribution in [0.25, 0.3) is 10.9 Å². The standard InChI is InChI=1S/C24H28FIN4O3/c1-15(14-33-21-7-4-17(16(2)31)10-22(21)32-3)12-29-8-9-30(13-23(29)26)24-19-6-5-18(25)11-20(19)27-28-24/h4-7,10-11,15,23H,8-9,12-14H2,1-3H3,(H,27,28). The topological polar surface area (TPSA) is 70.7 Å². The van der Waals surface area contributed by atoms with Gasteiger partial charge in [0.25, 0.3) is 0 Å². The van der Waals surface area contributed by atoms with Crippen LogP contribution in [0.1, 0.15) is 24.2 Å². The van der Waals surface area contributed by atoms with E-state index < -0.39 is 0 Å². The number of alkyl halides is 1. The number of carbonyl (C=O) groups excluding carboxylic acids is 1. The van der Waals surface area contributed by atoms with Crippen molar-refractivity contribution in [3.05, 3.63) is 47.8 Å². The van der Waals surface area contributed by atoms with E-state index in [4.69, 9.17) is 9.47 Å². The van der Waals surface area contributed by atoms with Crippen LogP contribution in [0.3, 0.4) is 0 Å². The number of nitrogens with zero attached hydrogens (tertiary/aromatic N) is 3. The number of carbonyl (C=O) groups is 1. The number of hydrogen-bond donors (Lipinski definition) is 1. The van der Waals surface area contributed by atoms with E-state index in [1.807, 2.05) is 0 Å². The van der Waals surface area contributed by atoms with Gasteiger partial charge in [-0.15, -0.1) is 0 Å². The van der Waals surface area contributed by atoms with Crippen LogP contribution in [0.5, 0.6) is 11.5 Å². The first-order chi connectivity index (χ1) is 15.9. The van der Waals surface area contributed by atoms with Gasteiger partial charge in [0.1, 0.15) is 5.82 Å². The largest absolute Gasteiger partial charge is 0.493 e. The number of rotatable bonds is 8. The van der Waals surface area contributed by atoms with E-state index in [2.05, 4.69) is 49.5 Å². The van der Waals surface area contributed by atoms with Crippen molar-refractivity contribution in [2.75, 3.05) is 44.8 Å². The van der Waals surface area contributed by atoms with Crippen LogP contribution in [-0.2, 0) is 0 Å². The second kappa shape index (κ2) is 10.3. The Morgan fingerprint density at radius 1 is 1.27 bits per heavy atom. The highest BCUT2D eigenvalue weighted by Gasteiger charge is 2.28. The summed E-state index contributed by atoms with van der Waals surface area (Å²) < 4.78 is 25.2. The lowest BCUT2D eigenvalue weighted by atomic mass is 10.1. The lowest BCUT2D eigenvalue weighted by molar-refractivity contribution is 0.101. The number of benzene rings is 2. The summed E-state index contributed by atoms with van der Waals surface area (Å²) in [6.45, 7) is 7.76. The number of aromatic amines is 1. The molecule has 2 aromatic carbocycles. The molecule has 33 heavy (non-hydrogen) atoms. The van der Waals surface area contributed by atoms with Crippen LogP contribution in [0.15, 0.2) is 36.4 Å². The normalized spacial score (nSPS) is 17.8. The lowest BCUT2D eigenvalue weighted by Gasteiger charge is -2.40. The molecule has 0 bridgehead atoms. The number of aromatic nitrogens is 2. The minimum absolute atomic E-state index is 0.00421. The van der Waals surface area contributed by atoms with Gasteiger partial charge in [0, 0.05) is 43.0 Å². The van der Waals surface area contributed by atoms with Gasteiger partial charge in [-0.25, -0.2) is 4.39 Å². The highest BCUT2D eigenvalue weighted by atomic mass is 127. The molecule has 2 unspecified atom stereocenters. The van der Waals surface area contributed by atoms with Crippen molar-refractivity contribution < 1.29 is 18.7 Å². The van der Waals surface area contributed by atoms with Crippen molar-refractivity contribution >= 4 is 45.1 Å². The van der Waals surface area contributed by atoms with Gasteiger partial charge in [-0.2, -0.15) is 5.10 Å². The summed E-state index contributed by atoms with van der Waals surface area (Å²) in [5, 5.41) is 8.32. The first-order valence-electron chi connectivity index (χ1n) is 10.9. The van der Waals surface area contributed by atoms with Gasteiger partial charge in [0.2, 0.25) is 0 Å². The second-order valence-corrected chi connectivity index (χ2v) is 9.89. The first-order valence-corrected chi connectivity index (χ1v) is 12.2. The fourth-order valence-corrected chi connectivity index (χ4v) is 5.07. The zero-order valence-corrected chi connectivity index (χ0v) is 21.1. The molecule has 0 radical (unpaired) electrons. The average Bonchev–Trinajstić information content (AvgIpc) is 3.21. The van der Waals surface area contributed by atoms with E-state index in [9.17, 15) is 9.18 Å². The first kappa shape index (κ1) is 23.7. The molecule has 0 saturated carbocycles. The Balaban J connectivity index is 1.32. The van der Waals surface area contributed by atoms with Crippen LogP contribution < -0.4 is 14.4 Å². The highest BCUT2D eigenvalue weighted by molar-refractivity contribution is 14.1. The van der Waals surface area contributed by atoms with Crippen LogP contribution in [-0.4, -0.2) is 64.8 Å². The van der Waals surface area contributed by atoms with Gasteiger partial charge < -0.3 is 14.4 Å². The van der Waals surface area contributed by atoms with E-state index >= 15 is 0 Å². The van der Waals surface area contributed by atoms with Crippen LogP contribution in [0.4, 0.5) is 10.2 Å². The summed E-state index contributed by atoms with van der Waals surface area (Å²) in [7, 11) is 1.58. The van der Waals surface area contributed by atoms with E-state index in [1.54, 1.807) is 31.4 Å². The molecule has 9 heteroatoms. The summed E-state index contributed by atoms with van der Waals surface area (Å²) in [4.78, 5) is 16.3. The maximum Gasteiger partial charge on any atom is 0.161 e. The Morgan fingerprint density at radius 2 is 2.09 bits per heavy atom. The number of ether oxygens (including phenoxy) is 2. The molecule has 0 amide bonds. The third-order valence-corrected chi connectivity index (χ3v) is 7.05. The van der Waals surface area contributed by atoms with Gasteiger partial charge in [-0.05, 0) is 43.3 Å². The number of anilines is 1. The van der Waals surface area contributed by atoms with Crippen molar-refractivity contribution in [1.82, 2.24) is 15.1 Å². The summed E-state index contributed by atoms with van der Waals surface area (Å²) in [6.07, 6.45) is 0. The number of nitrogens with one attached hydrogen (secondary N) is 1. The van der Waals surface area contributed by atoms with E-state index in [1.165, 1.54) is 19.1 Å². The highest BCUT2D eigenvalue weighted by Crippen LogP contribution is 2.30. The molecule has 3 aromatic rings. The van der Waals surface area contributed by atoms with Gasteiger partial charge in [0.15, 0.2) is 23.1 Å². The van der Waals surface area contributed by atoms with Crippen LogP contribution in [0.2, 0.25) is 0 Å². The van der Waals surface area contributed by atoms with E-state index in [-0.39, 0.29) is 11.6 Å². The molecule has 1 aromatic heterocycles. The van der Waals surface area contributed by atoms with Crippen LogP contribution >= 0.6 is 22.6 Å². The molecule has 7 nitrogen and oxygen atoms in total. The zero-order valence-electron chi connectivity index (χ0n) is 19.0. The number of halogens is 2. The third-order valence-electron chi connectivity index (χ3n) is 5.87. The maximum absolute atomic E-state index is 13.5. The molecule has 1 aliphatic heterocycles. The fourth-order valence-electron chi connectivity index (χ4n) is 4.09. The lowest BCUT2D eigenvalue weighted by Crippen LogP contribution is -2.52. The minimum atomic E-state index is -0.266. The Morgan fingerprint density at radius 3 is 2.82 bits per heavy atom. The van der Waals surface area contributed by atoms with Crippen molar-refractivity contribution in [3.63, 3.8) is 0 Å². The predicted molar refractivity (Wildman–Crippen MR) is 135 cm³/mol. The second-order valence-electron chi connectivity index (χ2n) is 8.45. The Bertz CT molecular complexity index is 1140. The Hall–Kier alpha value is -2.40. The molecular weight excluding hydrogens is 538 g/mol. The Labute approximate surface area is 206 Å². The van der Waals surface area contributed by atoms with Crippen molar-refractivity contribution in [3.8, 4) is 11.5 Å². The molecule has 1 saturated heterocycles. The van der Waals surface area contributed by atoms with Crippen molar-refractivity contribution in [2.45, 2.75) is 17.9 Å². The van der Waals surface area contributed by atoms with E-state index in [0.29, 0.717) is 33.6 Å². The van der Waals surface area contributed by atoms with Crippen molar-refractivity contribution in [1.29, 1.82) is 0 Å².